The number of nitrogens with zero attached hydrogens (tertiary/aromatic N) is 3. The number of aryl methyl sites for hydroxylation is 1. The fraction of sp³-hybridized carbons (Fsp3) is 0.545. The molecule has 29 heavy (non-hydrogen) atoms. The molecule has 1 aromatic heterocycles. The zero-order chi connectivity index (χ0) is 20.4. The van der Waals surface area contributed by atoms with Gasteiger partial charge in [0.15, 0.2) is 11.5 Å². The third kappa shape index (κ3) is 4.56. The van der Waals surface area contributed by atoms with Gasteiger partial charge in [-0.25, -0.2) is 4.98 Å². The molecule has 0 unspecified atom stereocenters. The van der Waals surface area contributed by atoms with Gasteiger partial charge >= 0.3 is 0 Å². The van der Waals surface area contributed by atoms with Crippen molar-refractivity contribution >= 4 is 5.95 Å². The molecule has 0 aliphatic carbocycles. The molecule has 1 N–H and O–H groups in total. The zero-order valence-corrected chi connectivity index (χ0v) is 17.5. The van der Waals surface area contributed by atoms with Crippen LogP contribution in [0.2, 0.25) is 0 Å². The third-order valence-electron chi connectivity index (χ3n) is 5.70. The lowest BCUT2D eigenvalue weighted by Gasteiger charge is -2.35. The van der Waals surface area contributed by atoms with Crippen molar-refractivity contribution in [3.8, 4) is 11.5 Å². The van der Waals surface area contributed by atoms with Crippen LogP contribution in [0.1, 0.15) is 37.1 Å². The predicted octanol–water partition coefficient (Wildman–Crippen LogP) is 2.72. The number of nitrogens with one attached hydrogen (secondary N) is 1. The van der Waals surface area contributed by atoms with Crippen molar-refractivity contribution in [1.82, 2.24) is 14.9 Å². The number of hydrogen-bond donors (Lipinski definition) is 1. The van der Waals surface area contributed by atoms with Gasteiger partial charge in [0.05, 0.1) is 0 Å². The van der Waals surface area contributed by atoms with Gasteiger partial charge in [-0.2, -0.15) is 0 Å². The van der Waals surface area contributed by atoms with E-state index in [0.29, 0.717) is 18.7 Å². The molecule has 0 amide bonds. The number of aromatic amines is 1. The van der Waals surface area contributed by atoms with Crippen LogP contribution in [0.5, 0.6) is 11.5 Å². The quantitative estimate of drug-likeness (QED) is 0.807. The Bertz CT molecular complexity index is 917. The molecule has 1 aromatic carbocycles. The topological polar surface area (TPSA) is 70.7 Å². The van der Waals surface area contributed by atoms with E-state index in [4.69, 9.17) is 14.5 Å². The summed E-state index contributed by atoms with van der Waals surface area (Å²) in [5.41, 5.74) is 2.91. The third-order valence-corrected chi connectivity index (χ3v) is 5.70. The largest absolute Gasteiger partial charge is 0.454 e. The molecule has 0 saturated carbocycles. The Morgan fingerprint density at radius 3 is 2.62 bits per heavy atom. The number of H-pyrrole nitrogens is 1. The van der Waals surface area contributed by atoms with Crippen LogP contribution in [0, 0.1) is 12.8 Å². The van der Waals surface area contributed by atoms with Gasteiger partial charge in [0.2, 0.25) is 12.7 Å². The molecular formula is C22H30N4O3. The molecule has 7 heteroatoms. The molecule has 0 radical (unpaired) electrons. The van der Waals surface area contributed by atoms with Crippen LogP contribution >= 0.6 is 0 Å². The average Bonchev–Trinajstić information content (AvgIpc) is 3.15. The van der Waals surface area contributed by atoms with Crippen LogP contribution in [-0.4, -0.2) is 47.8 Å². The Morgan fingerprint density at radius 1 is 1.14 bits per heavy atom. The first kappa shape index (κ1) is 19.8. The predicted molar refractivity (Wildman–Crippen MR) is 113 cm³/mol. The Hall–Kier alpha value is -2.54. The SMILES string of the molecule is Cc1nc(N2CCN(Cc3ccc4c(c3)OCO4)CC2)[nH]c(=O)c1CCC(C)C. The first-order valence-electron chi connectivity index (χ1n) is 10.4. The fourth-order valence-electron chi connectivity index (χ4n) is 3.89. The zero-order valence-electron chi connectivity index (χ0n) is 17.5. The molecule has 4 rings (SSSR count). The van der Waals surface area contributed by atoms with Gasteiger partial charge in [-0.05, 0) is 43.4 Å². The molecule has 156 valence electrons. The first-order valence-corrected chi connectivity index (χ1v) is 10.4. The number of benzene rings is 1. The molecule has 3 heterocycles. The summed E-state index contributed by atoms with van der Waals surface area (Å²) in [5.74, 6) is 2.92. The minimum absolute atomic E-state index is 0.0101. The lowest BCUT2D eigenvalue weighted by Crippen LogP contribution is -2.47. The smallest absolute Gasteiger partial charge is 0.255 e. The van der Waals surface area contributed by atoms with Crippen molar-refractivity contribution in [2.45, 2.75) is 40.2 Å². The minimum Gasteiger partial charge on any atom is -0.454 e. The van der Waals surface area contributed by atoms with Gasteiger partial charge in [-0.1, -0.05) is 19.9 Å². The van der Waals surface area contributed by atoms with E-state index in [1.807, 2.05) is 13.0 Å². The van der Waals surface area contributed by atoms with Crippen molar-refractivity contribution in [3.63, 3.8) is 0 Å². The van der Waals surface area contributed by atoms with E-state index in [2.05, 4.69) is 40.8 Å². The van der Waals surface area contributed by atoms with Crippen molar-refractivity contribution in [2.24, 2.45) is 5.92 Å². The molecule has 1 fully saturated rings. The van der Waals surface area contributed by atoms with E-state index in [-0.39, 0.29) is 5.56 Å². The molecule has 2 aliphatic heterocycles. The summed E-state index contributed by atoms with van der Waals surface area (Å²) in [7, 11) is 0. The lowest BCUT2D eigenvalue weighted by atomic mass is 10.0. The van der Waals surface area contributed by atoms with Gasteiger partial charge < -0.3 is 14.4 Å². The minimum atomic E-state index is 0.0101. The number of anilines is 1. The van der Waals surface area contributed by atoms with Gasteiger partial charge in [0, 0.05) is 44.0 Å². The second-order valence-corrected chi connectivity index (χ2v) is 8.34. The Morgan fingerprint density at radius 2 is 1.90 bits per heavy atom. The van der Waals surface area contributed by atoms with Crippen LogP contribution in [-0.2, 0) is 13.0 Å². The summed E-state index contributed by atoms with van der Waals surface area (Å²) in [6, 6.07) is 6.14. The number of rotatable bonds is 6. The number of piperazine rings is 1. The number of hydrogen-bond acceptors (Lipinski definition) is 6. The van der Waals surface area contributed by atoms with Crippen LogP contribution in [0.4, 0.5) is 5.95 Å². The van der Waals surface area contributed by atoms with Crippen molar-refractivity contribution in [2.75, 3.05) is 37.9 Å². The maximum atomic E-state index is 12.6. The fourth-order valence-corrected chi connectivity index (χ4v) is 3.89. The van der Waals surface area contributed by atoms with Crippen molar-refractivity contribution in [1.29, 1.82) is 0 Å². The Labute approximate surface area is 171 Å². The van der Waals surface area contributed by atoms with E-state index in [0.717, 1.165) is 68.3 Å². The summed E-state index contributed by atoms with van der Waals surface area (Å²) in [6.45, 7) is 11.0. The van der Waals surface area contributed by atoms with E-state index < -0.39 is 0 Å². The second kappa shape index (κ2) is 8.45. The number of aromatic nitrogens is 2. The van der Waals surface area contributed by atoms with E-state index >= 15 is 0 Å². The first-order chi connectivity index (χ1) is 14.0. The van der Waals surface area contributed by atoms with Gasteiger partial charge in [0.1, 0.15) is 0 Å². The molecule has 1 saturated heterocycles. The van der Waals surface area contributed by atoms with E-state index in [9.17, 15) is 4.79 Å². The monoisotopic (exact) mass is 398 g/mol. The number of ether oxygens (including phenoxy) is 2. The summed E-state index contributed by atoms with van der Waals surface area (Å²) in [4.78, 5) is 24.9. The maximum absolute atomic E-state index is 12.6. The molecule has 0 spiro atoms. The van der Waals surface area contributed by atoms with Crippen molar-refractivity contribution < 1.29 is 9.47 Å². The van der Waals surface area contributed by atoms with Gasteiger partial charge in [-0.3, -0.25) is 14.7 Å². The molecule has 7 nitrogen and oxygen atoms in total. The summed E-state index contributed by atoms with van der Waals surface area (Å²) in [6.07, 6.45) is 1.79. The standard InChI is InChI=1S/C22H30N4O3/c1-15(2)4-6-18-16(3)23-22(24-21(18)27)26-10-8-25(9-11-26)13-17-5-7-19-20(12-17)29-14-28-19/h5,7,12,15H,4,6,8-11,13-14H2,1-3H3,(H,23,24,27). The highest BCUT2D eigenvalue weighted by atomic mass is 16.7. The molecule has 2 aromatic rings. The van der Waals surface area contributed by atoms with Crippen LogP contribution in [0.3, 0.4) is 0 Å². The molecule has 0 atom stereocenters. The van der Waals surface area contributed by atoms with Crippen LogP contribution < -0.4 is 19.9 Å². The summed E-state index contributed by atoms with van der Waals surface area (Å²) < 4.78 is 10.9. The summed E-state index contributed by atoms with van der Waals surface area (Å²) >= 11 is 0. The van der Waals surface area contributed by atoms with Crippen LogP contribution in [0.15, 0.2) is 23.0 Å². The van der Waals surface area contributed by atoms with Crippen molar-refractivity contribution in [3.05, 3.63) is 45.4 Å². The second-order valence-electron chi connectivity index (χ2n) is 8.34. The van der Waals surface area contributed by atoms with Crippen LogP contribution in [0.25, 0.3) is 0 Å². The Kier molecular flexibility index (Phi) is 5.76. The number of fused-ring (bicyclic) bond motifs is 1. The van der Waals surface area contributed by atoms with Gasteiger partial charge in [0.25, 0.3) is 5.56 Å². The van der Waals surface area contributed by atoms with E-state index in [1.165, 1.54) is 5.56 Å². The van der Waals surface area contributed by atoms with E-state index in [1.54, 1.807) is 0 Å². The maximum Gasteiger partial charge on any atom is 0.255 e. The highest BCUT2D eigenvalue weighted by molar-refractivity contribution is 5.44. The summed E-state index contributed by atoms with van der Waals surface area (Å²) in [5, 5.41) is 0. The normalized spacial score (nSPS) is 16.6. The Balaban J connectivity index is 1.36. The highest BCUT2D eigenvalue weighted by Crippen LogP contribution is 2.32. The highest BCUT2D eigenvalue weighted by Gasteiger charge is 2.21. The average molecular weight is 399 g/mol. The molecule has 0 bridgehead atoms. The van der Waals surface area contributed by atoms with Gasteiger partial charge in [-0.15, -0.1) is 0 Å². The molecule has 2 aliphatic rings. The molecular weight excluding hydrogens is 368 g/mol. The lowest BCUT2D eigenvalue weighted by molar-refractivity contribution is 0.174.